The molecule has 24 heavy (non-hydrogen) atoms. The normalized spacial score (nSPS) is 20.2. The summed E-state index contributed by atoms with van der Waals surface area (Å²) in [5.41, 5.74) is 1.08. The molecule has 6 nitrogen and oxygen atoms in total. The summed E-state index contributed by atoms with van der Waals surface area (Å²) in [5.74, 6) is 0.494. The van der Waals surface area contributed by atoms with Crippen molar-refractivity contribution in [2.24, 2.45) is 0 Å². The van der Waals surface area contributed by atoms with Crippen LogP contribution in [0.15, 0.2) is 53.5 Å². The minimum absolute atomic E-state index is 0.0578. The Hall–Kier alpha value is -2.47. The molecule has 1 saturated carbocycles. The third-order valence-electron chi connectivity index (χ3n) is 4.68. The highest BCUT2D eigenvalue weighted by atomic mass is 16.6. The number of nitrogens with zero attached hydrogens (tertiary/aromatic N) is 2. The summed E-state index contributed by atoms with van der Waals surface area (Å²) >= 11 is 0. The predicted molar refractivity (Wildman–Crippen MR) is 92.2 cm³/mol. The molecule has 1 aromatic heterocycles. The largest absolute Gasteiger partial charge is 0.312 e. The topological polar surface area (TPSA) is 77.2 Å². The van der Waals surface area contributed by atoms with E-state index >= 15 is 0 Å². The number of pyridine rings is 1. The van der Waals surface area contributed by atoms with Crippen molar-refractivity contribution in [3.05, 3.63) is 74.7 Å². The molecule has 2 atom stereocenters. The zero-order valence-corrected chi connectivity index (χ0v) is 13.4. The van der Waals surface area contributed by atoms with Gasteiger partial charge in [-0.2, -0.15) is 0 Å². The molecule has 0 bridgehead atoms. The molecule has 0 unspecified atom stereocenters. The minimum atomic E-state index is -0.480. The van der Waals surface area contributed by atoms with Crippen molar-refractivity contribution in [3.8, 4) is 0 Å². The summed E-state index contributed by atoms with van der Waals surface area (Å²) in [6, 6.07) is 13.4. The maximum absolute atomic E-state index is 11.8. The van der Waals surface area contributed by atoms with Crippen LogP contribution in [-0.2, 0) is 6.54 Å². The molecule has 2 aromatic rings. The summed E-state index contributed by atoms with van der Waals surface area (Å²) in [5, 5.41) is 14.3. The average molecular weight is 327 g/mol. The lowest BCUT2D eigenvalue weighted by Gasteiger charge is -2.21. The second kappa shape index (κ2) is 7.40. The van der Waals surface area contributed by atoms with Gasteiger partial charge in [-0.05, 0) is 24.3 Å². The Kier molecular flexibility index (Phi) is 5.05. The molecule has 1 fully saturated rings. The van der Waals surface area contributed by atoms with Crippen molar-refractivity contribution >= 4 is 5.69 Å². The highest BCUT2D eigenvalue weighted by molar-refractivity contribution is 5.25. The zero-order valence-electron chi connectivity index (χ0n) is 13.4. The first kappa shape index (κ1) is 16.4. The van der Waals surface area contributed by atoms with Crippen LogP contribution in [0.2, 0.25) is 0 Å². The van der Waals surface area contributed by atoms with E-state index in [1.807, 2.05) is 6.07 Å². The van der Waals surface area contributed by atoms with Crippen molar-refractivity contribution in [2.75, 3.05) is 6.54 Å². The Morgan fingerprint density at radius 2 is 1.96 bits per heavy atom. The standard InChI is InChI=1S/C18H21N3O3/c22-18-10-9-15(21(23)24)13-20(18)12-11-19-17-8-4-7-16(17)14-5-2-1-3-6-14/h1-3,5-6,9-10,13,16-17,19H,4,7-8,11-12H2/t16-,17-/m1/s1. The van der Waals surface area contributed by atoms with Gasteiger partial charge in [0.25, 0.3) is 11.2 Å². The van der Waals surface area contributed by atoms with Gasteiger partial charge in [0.05, 0.1) is 11.1 Å². The van der Waals surface area contributed by atoms with Crippen LogP contribution in [0.4, 0.5) is 5.69 Å². The van der Waals surface area contributed by atoms with E-state index in [2.05, 4.69) is 29.6 Å². The summed E-state index contributed by atoms with van der Waals surface area (Å²) in [4.78, 5) is 22.2. The fourth-order valence-corrected chi connectivity index (χ4v) is 3.48. The quantitative estimate of drug-likeness (QED) is 0.653. The van der Waals surface area contributed by atoms with Gasteiger partial charge in [0.2, 0.25) is 0 Å². The van der Waals surface area contributed by atoms with Crippen LogP contribution in [0.25, 0.3) is 0 Å². The summed E-state index contributed by atoms with van der Waals surface area (Å²) in [6.45, 7) is 1.05. The molecule has 1 heterocycles. The molecule has 0 amide bonds. The van der Waals surface area contributed by atoms with Crippen LogP contribution in [0, 0.1) is 10.1 Å². The van der Waals surface area contributed by atoms with E-state index < -0.39 is 4.92 Å². The Labute approximate surface area is 140 Å². The smallest absolute Gasteiger partial charge is 0.285 e. The maximum atomic E-state index is 11.8. The van der Waals surface area contributed by atoms with Gasteiger partial charge in [0.1, 0.15) is 0 Å². The van der Waals surface area contributed by atoms with Crippen LogP contribution < -0.4 is 10.9 Å². The first-order valence-electron chi connectivity index (χ1n) is 8.28. The fraction of sp³-hybridized carbons (Fsp3) is 0.389. The van der Waals surface area contributed by atoms with Gasteiger partial charge in [0.15, 0.2) is 0 Å². The Balaban J connectivity index is 1.61. The number of nitro groups is 1. The number of hydrogen-bond acceptors (Lipinski definition) is 4. The first-order valence-corrected chi connectivity index (χ1v) is 8.28. The van der Waals surface area contributed by atoms with E-state index in [-0.39, 0.29) is 11.2 Å². The third kappa shape index (κ3) is 3.71. The Morgan fingerprint density at radius 1 is 1.17 bits per heavy atom. The van der Waals surface area contributed by atoms with Gasteiger partial charge in [-0.3, -0.25) is 14.9 Å². The van der Waals surface area contributed by atoms with E-state index in [1.165, 1.54) is 41.3 Å². The van der Waals surface area contributed by atoms with Gasteiger partial charge in [0, 0.05) is 31.3 Å². The SMILES string of the molecule is O=c1ccc([N+](=O)[O-])cn1CCN[C@@H]1CCC[C@@H]1c1ccccc1. The Bertz CT molecular complexity index is 758. The molecule has 1 aromatic carbocycles. The van der Waals surface area contributed by atoms with Gasteiger partial charge in [-0.1, -0.05) is 36.8 Å². The Morgan fingerprint density at radius 3 is 2.71 bits per heavy atom. The molecule has 126 valence electrons. The summed E-state index contributed by atoms with van der Waals surface area (Å²) < 4.78 is 1.40. The lowest BCUT2D eigenvalue weighted by atomic mass is 9.94. The van der Waals surface area contributed by atoms with Crippen molar-refractivity contribution in [1.29, 1.82) is 0 Å². The zero-order chi connectivity index (χ0) is 16.9. The van der Waals surface area contributed by atoms with Crippen LogP contribution in [0.3, 0.4) is 0 Å². The second-order valence-electron chi connectivity index (χ2n) is 6.18. The molecule has 0 radical (unpaired) electrons. The van der Waals surface area contributed by atoms with Crippen LogP contribution in [-0.4, -0.2) is 22.1 Å². The molecule has 3 rings (SSSR count). The summed E-state index contributed by atoms with van der Waals surface area (Å²) in [6.07, 6.45) is 4.78. The molecule has 1 aliphatic rings. The molecule has 0 aliphatic heterocycles. The number of rotatable bonds is 6. The predicted octanol–water partition coefficient (Wildman–Crippen LogP) is 2.68. The van der Waals surface area contributed by atoms with Gasteiger partial charge >= 0.3 is 0 Å². The monoisotopic (exact) mass is 327 g/mol. The molecule has 0 saturated heterocycles. The molecular formula is C18H21N3O3. The van der Waals surface area contributed by atoms with E-state index in [0.29, 0.717) is 25.0 Å². The van der Waals surface area contributed by atoms with Crippen molar-refractivity contribution in [3.63, 3.8) is 0 Å². The highest BCUT2D eigenvalue weighted by Crippen LogP contribution is 2.34. The van der Waals surface area contributed by atoms with E-state index in [4.69, 9.17) is 0 Å². The minimum Gasteiger partial charge on any atom is -0.312 e. The average Bonchev–Trinajstić information content (AvgIpc) is 3.05. The van der Waals surface area contributed by atoms with E-state index in [1.54, 1.807) is 0 Å². The van der Waals surface area contributed by atoms with Crippen molar-refractivity contribution < 1.29 is 4.92 Å². The number of nitrogens with one attached hydrogen (secondary N) is 1. The maximum Gasteiger partial charge on any atom is 0.285 e. The summed E-state index contributed by atoms with van der Waals surface area (Å²) in [7, 11) is 0. The van der Waals surface area contributed by atoms with Gasteiger partial charge < -0.3 is 9.88 Å². The second-order valence-corrected chi connectivity index (χ2v) is 6.18. The lowest BCUT2D eigenvalue weighted by molar-refractivity contribution is -0.385. The van der Waals surface area contributed by atoms with Gasteiger partial charge in [-0.25, -0.2) is 0 Å². The molecule has 1 N–H and O–H groups in total. The first-order chi connectivity index (χ1) is 11.6. The van der Waals surface area contributed by atoms with Gasteiger partial charge in [-0.15, -0.1) is 0 Å². The number of hydrogen-bond donors (Lipinski definition) is 1. The number of benzene rings is 1. The molecule has 6 heteroatoms. The van der Waals surface area contributed by atoms with Crippen LogP contribution >= 0.6 is 0 Å². The van der Waals surface area contributed by atoms with Crippen LogP contribution in [0.5, 0.6) is 0 Å². The van der Waals surface area contributed by atoms with Crippen LogP contribution in [0.1, 0.15) is 30.7 Å². The van der Waals surface area contributed by atoms with E-state index in [0.717, 1.165) is 6.42 Å². The van der Waals surface area contributed by atoms with E-state index in [9.17, 15) is 14.9 Å². The molecular weight excluding hydrogens is 306 g/mol. The molecule has 1 aliphatic carbocycles. The van der Waals surface area contributed by atoms with Crippen molar-refractivity contribution in [2.45, 2.75) is 37.8 Å². The fourth-order valence-electron chi connectivity index (χ4n) is 3.48. The highest BCUT2D eigenvalue weighted by Gasteiger charge is 2.27. The lowest BCUT2D eigenvalue weighted by Crippen LogP contribution is -2.35. The molecule has 0 spiro atoms. The third-order valence-corrected chi connectivity index (χ3v) is 4.68. The van der Waals surface area contributed by atoms with Crippen molar-refractivity contribution in [1.82, 2.24) is 9.88 Å². The number of aromatic nitrogens is 1.